The van der Waals surface area contributed by atoms with Gasteiger partial charge < -0.3 is 14.6 Å². The number of sulfonamides is 1. The fourth-order valence-electron chi connectivity index (χ4n) is 1.75. The summed E-state index contributed by atoms with van der Waals surface area (Å²) in [7, 11) is 0.370. The molecule has 1 heterocycles. The second-order valence-electron chi connectivity index (χ2n) is 5.80. The van der Waals surface area contributed by atoms with Crippen molar-refractivity contribution >= 4 is 10.0 Å². The van der Waals surface area contributed by atoms with Crippen molar-refractivity contribution in [3.63, 3.8) is 0 Å². The molecule has 0 unspecified atom stereocenters. The molecule has 2 N–H and O–H groups in total. The lowest BCUT2D eigenvalue weighted by atomic mass is 10.2. The molecule has 0 atom stereocenters. The van der Waals surface area contributed by atoms with Gasteiger partial charge in [-0.3, -0.25) is 0 Å². The molecule has 122 valence electrons. The summed E-state index contributed by atoms with van der Waals surface area (Å²) >= 11 is 0. The quantitative estimate of drug-likeness (QED) is 0.635. The van der Waals surface area contributed by atoms with Crippen LogP contribution in [0.3, 0.4) is 0 Å². The van der Waals surface area contributed by atoms with E-state index in [1.165, 1.54) is 6.07 Å². The minimum Gasteiger partial charge on any atom is -0.447 e. The Morgan fingerprint density at radius 2 is 2.00 bits per heavy atom. The minimum absolute atomic E-state index is 0.0197. The third kappa shape index (κ3) is 7.08. The molecule has 0 aliphatic carbocycles. The monoisotopic (exact) mass is 317 g/mol. The van der Waals surface area contributed by atoms with Crippen molar-refractivity contribution in [3.05, 3.63) is 17.9 Å². The van der Waals surface area contributed by atoms with E-state index in [4.69, 9.17) is 4.42 Å². The van der Waals surface area contributed by atoms with Gasteiger partial charge in [0.1, 0.15) is 5.76 Å². The summed E-state index contributed by atoms with van der Waals surface area (Å²) in [6.07, 6.45) is 0.760. The van der Waals surface area contributed by atoms with Crippen molar-refractivity contribution in [3.8, 4) is 0 Å². The van der Waals surface area contributed by atoms with Gasteiger partial charge in [0.25, 0.3) is 10.0 Å². The van der Waals surface area contributed by atoms with Gasteiger partial charge in [0, 0.05) is 6.54 Å². The Labute approximate surface area is 127 Å². The van der Waals surface area contributed by atoms with E-state index in [1.807, 2.05) is 19.0 Å². The van der Waals surface area contributed by atoms with Crippen molar-refractivity contribution in [2.75, 3.05) is 33.7 Å². The third-order valence-electron chi connectivity index (χ3n) is 2.83. The van der Waals surface area contributed by atoms with Crippen LogP contribution in [0.1, 0.15) is 26.0 Å². The molecule has 1 aromatic rings. The highest BCUT2D eigenvalue weighted by Crippen LogP contribution is 2.13. The maximum Gasteiger partial charge on any atom is 0.273 e. The molecule has 0 amide bonds. The zero-order valence-corrected chi connectivity index (χ0v) is 14.2. The van der Waals surface area contributed by atoms with Crippen LogP contribution in [-0.4, -0.2) is 47.0 Å². The van der Waals surface area contributed by atoms with Gasteiger partial charge in [0.15, 0.2) is 0 Å². The number of hydrogen-bond acceptors (Lipinski definition) is 5. The second kappa shape index (κ2) is 8.53. The summed E-state index contributed by atoms with van der Waals surface area (Å²) in [6.45, 7) is 6.87. The molecule has 0 aliphatic heterocycles. The molecule has 21 heavy (non-hydrogen) atoms. The average molecular weight is 317 g/mol. The first kappa shape index (κ1) is 18.2. The van der Waals surface area contributed by atoms with E-state index in [0.29, 0.717) is 24.8 Å². The lowest BCUT2D eigenvalue weighted by molar-refractivity contribution is 0.389. The largest absolute Gasteiger partial charge is 0.447 e. The zero-order chi connectivity index (χ0) is 15.9. The van der Waals surface area contributed by atoms with Crippen LogP contribution in [-0.2, 0) is 16.6 Å². The predicted octanol–water partition coefficient (Wildman–Crippen LogP) is 1.26. The summed E-state index contributed by atoms with van der Waals surface area (Å²) in [6, 6.07) is 3.20. The first-order valence-corrected chi connectivity index (χ1v) is 8.73. The summed E-state index contributed by atoms with van der Waals surface area (Å²) in [5.74, 6) is 1.17. The van der Waals surface area contributed by atoms with Crippen molar-refractivity contribution in [2.45, 2.75) is 31.9 Å². The lowest BCUT2D eigenvalue weighted by Gasteiger charge is -2.09. The first-order chi connectivity index (χ1) is 9.81. The van der Waals surface area contributed by atoms with E-state index in [1.54, 1.807) is 6.07 Å². The van der Waals surface area contributed by atoms with Crippen molar-refractivity contribution in [1.82, 2.24) is 14.9 Å². The van der Waals surface area contributed by atoms with Gasteiger partial charge in [0.2, 0.25) is 5.09 Å². The summed E-state index contributed by atoms with van der Waals surface area (Å²) in [5.41, 5.74) is 0. The molecule has 1 rings (SSSR count). The molecular formula is C14H27N3O3S. The maximum absolute atomic E-state index is 12.0. The highest BCUT2D eigenvalue weighted by atomic mass is 32.2. The van der Waals surface area contributed by atoms with E-state index >= 15 is 0 Å². The Balaban J connectivity index is 2.46. The molecule has 0 saturated carbocycles. The van der Waals surface area contributed by atoms with E-state index in [2.05, 4.69) is 23.9 Å². The van der Waals surface area contributed by atoms with Crippen molar-refractivity contribution < 1.29 is 12.8 Å². The van der Waals surface area contributed by atoms with Crippen molar-refractivity contribution in [2.24, 2.45) is 5.92 Å². The average Bonchev–Trinajstić information content (AvgIpc) is 2.83. The van der Waals surface area contributed by atoms with Crippen LogP contribution in [0.15, 0.2) is 21.6 Å². The van der Waals surface area contributed by atoms with Gasteiger partial charge in [-0.1, -0.05) is 13.8 Å². The molecule has 0 aliphatic rings. The van der Waals surface area contributed by atoms with E-state index in [0.717, 1.165) is 19.5 Å². The van der Waals surface area contributed by atoms with Crippen LogP contribution >= 0.6 is 0 Å². The zero-order valence-electron chi connectivity index (χ0n) is 13.3. The SMILES string of the molecule is CC(C)CNCc1ccc(S(=O)(=O)NCCCN(C)C)o1. The van der Waals surface area contributed by atoms with E-state index < -0.39 is 10.0 Å². The number of nitrogens with zero attached hydrogens (tertiary/aromatic N) is 1. The fourth-order valence-corrected chi connectivity index (χ4v) is 2.77. The Morgan fingerprint density at radius 3 is 2.62 bits per heavy atom. The summed E-state index contributed by atoms with van der Waals surface area (Å²) in [4.78, 5) is 2.01. The molecule has 0 saturated heterocycles. The van der Waals surface area contributed by atoms with E-state index in [9.17, 15) is 8.42 Å². The Kier molecular flexibility index (Phi) is 7.37. The molecular weight excluding hydrogens is 290 g/mol. The third-order valence-corrected chi connectivity index (χ3v) is 4.16. The van der Waals surface area contributed by atoms with Crippen LogP contribution in [0.2, 0.25) is 0 Å². The standard InChI is InChI=1S/C14H27N3O3S/c1-12(2)10-15-11-13-6-7-14(20-13)21(18,19)16-8-5-9-17(3)4/h6-7,12,15-16H,5,8-11H2,1-4H3. The molecule has 7 heteroatoms. The van der Waals surface area contributed by atoms with Crippen LogP contribution in [0.25, 0.3) is 0 Å². The van der Waals surface area contributed by atoms with Gasteiger partial charge in [-0.2, -0.15) is 0 Å². The molecule has 6 nitrogen and oxygen atoms in total. The van der Waals surface area contributed by atoms with Gasteiger partial charge in [-0.15, -0.1) is 0 Å². The number of rotatable bonds is 10. The van der Waals surface area contributed by atoms with Crippen LogP contribution in [0.5, 0.6) is 0 Å². The van der Waals surface area contributed by atoms with Crippen LogP contribution < -0.4 is 10.0 Å². The van der Waals surface area contributed by atoms with Crippen LogP contribution in [0, 0.1) is 5.92 Å². The number of hydrogen-bond donors (Lipinski definition) is 2. The Morgan fingerprint density at radius 1 is 1.29 bits per heavy atom. The molecule has 0 bridgehead atoms. The van der Waals surface area contributed by atoms with Gasteiger partial charge in [0.05, 0.1) is 6.54 Å². The number of nitrogens with one attached hydrogen (secondary N) is 2. The van der Waals surface area contributed by atoms with E-state index in [-0.39, 0.29) is 5.09 Å². The Bertz CT molecular complexity index is 509. The van der Waals surface area contributed by atoms with Gasteiger partial charge in [-0.05, 0) is 51.7 Å². The smallest absolute Gasteiger partial charge is 0.273 e. The summed E-state index contributed by atoms with van der Waals surface area (Å²) in [5, 5.41) is 3.20. The van der Waals surface area contributed by atoms with Gasteiger partial charge >= 0.3 is 0 Å². The highest BCUT2D eigenvalue weighted by molar-refractivity contribution is 7.89. The first-order valence-electron chi connectivity index (χ1n) is 7.25. The van der Waals surface area contributed by atoms with Gasteiger partial charge in [-0.25, -0.2) is 13.1 Å². The second-order valence-corrected chi connectivity index (χ2v) is 7.50. The molecule has 1 aromatic heterocycles. The predicted molar refractivity (Wildman–Crippen MR) is 83.6 cm³/mol. The normalized spacial score (nSPS) is 12.5. The summed E-state index contributed by atoms with van der Waals surface area (Å²) < 4.78 is 32.0. The molecule has 0 fully saturated rings. The molecule has 0 radical (unpaired) electrons. The fraction of sp³-hybridized carbons (Fsp3) is 0.714. The number of furan rings is 1. The maximum atomic E-state index is 12.0. The minimum atomic E-state index is -3.54. The highest BCUT2D eigenvalue weighted by Gasteiger charge is 2.18. The Hall–Kier alpha value is -0.890. The van der Waals surface area contributed by atoms with Crippen molar-refractivity contribution in [1.29, 1.82) is 0 Å². The molecule has 0 spiro atoms. The lowest BCUT2D eigenvalue weighted by Crippen LogP contribution is -2.27. The van der Waals surface area contributed by atoms with Crippen LogP contribution in [0.4, 0.5) is 0 Å². The molecule has 0 aromatic carbocycles. The topological polar surface area (TPSA) is 74.6 Å².